The molecule has 0 saturated carbocycles. The molecule has 0 atom stereocenters. The summed E-state index contributed by atoms with van der Waals surface area (Å²) in [4.78, 5) is 20.2. The van der Waals surface area contributed by atoms with Gasteiger partial charge < -0.3 is 5.32 Å². The Labute approximate surface area is 120 Å². The van der Waals surface area contributed by atoms with E-state index in [0.717, 1.165) is 10.9 Å². The van der Waals surface area contributed by atoms with Crippen LogP contribution in [0.2, 0.25) is 5.02 Å². The summed E-state index contributed by atoms with van der Waals surface area (Å²) in [6.07, 6.45) is 4.71. The fourth-order valence-corrected chi connectivity index (χ4v) is 2.12. The van der Waals surface area contributed by atoms with Crippen molar-refractivity contribution in [1.29, 1.82) is 0 Å². The number of hydrogen-bond donors (Lipinski definition) is 1. The zero-order valence-corrected chi connectivity index (χ0v) is 11.1. The first-order valence-electron chi connectivity index (χ1n) is 6.00. The van der Waals surface area contributed by atoms with E-state index in [1.54, 1.807) is 12.3 Å². The summed E-state index contributed by atoms with van der Waals surface area (Å²) in [5.41, 5.74) is 1.98. The van der Waals surface area contributed by atoms with E-state index in [1.807, 2.05) is 30.3 Å². The smallest absolute Gasteiger partial charge is 0.257 e. The second-order valence-electron chi connectivity index (χ2n) is 4.22. The second-order valence-corrected chi connectivity index (χ2v) is 4.63. The van der Waals surface area contributed by atoms with Crippen LogP contribution in [0.15, 0.2) is 55.0 Å². The Morgan fingerprint density at radius 2 is 2.05 bits per heavy atom. The summed E-state index contributed by atoms with van der Waals surface area (Å²) in [5.74, 6) is -0.263. The summed E-state index contributed by atoms with van der Waals surface area (Å²) < 4.78 is 0. The van der Waals surface area contributed by atoms with Crippen molar-refractivity contribution in [1.82, 2.24) is 9.97 Å². The number of pyridine rings is 2. The molecule has 1 N–H and O–H groups in total. The minimum atomic E-state index is -0.263. The molecule has 0 radical (unpaired) electrons. The molecule has 0 bridgehead atoms. The third kappa shape index (κ3) is 2.46. The van der Waals surface area contributed by atoms with Crippen molar-refractivity contribution in [3.63, 3.8) is 0 Å². The third-order valence-corrected chi connectivity index (χ3v) is 3.18. The summed E-state index contributed by atoms with van der Waals surface area (Å²) in [6.45, 7) is 0. The first-order valence-corrected chi connectivity index (χ1v) is 6.37. The minimum absolute atomic E-state index is 0.263. The Morgan fingerprint density at radius 1 is 1.15 bits per heavy atom. The fourth-order valence-electron chi connectivity index (χ4n) is 1.91. The number of nitrogens with one attached hydrogen (secondary N) is 1. The van der Waals surface area contributed by atoms with Gasteiger partial charge in [-0.3, -0.25) is 14.8 Å². The van der Waals surface area contributed by atoms with Gasteiger partial charge in [-0.15, -0.1) is 0 Å². The molecule has 0 aliphatic carbocycles. The van der Waals surface area contributed by atoms with Gasteiger partial charge in [0.1, 0.15) is 0 Å². The van der Waals surface area contributed by atoms with Crippen LogP contribution in [-0.4, -0.2) is 15.9 Å². The van der Waals surface area contributed by atoms with Gasteiger partial charge in [0, 0.05) is 29.7 Å². The fraction of sp³-hybridized carbons (Fsp3) is 0. The van der Waals surface area contributed by atoms with Crippen molar-refractivity contribution in [2.45, 2.75) is 0 Å². The number of anilines is 1. The predicted molar refractivity (Wildman–Crippen MR) is 78.9 cm³/mol. The van der Waals surface area contributed by atoms with Crippen LogP contribution in [0, 0.1) is 0 Å². The lowest BCUT2D eigenvalue weighted by Gasteiger charge is -2.07. The van der Waals surface area contributed by atoms with Crippen molar-refractivity contribution in [2.24, 2.45) is 0 Å². The lowest BCUT2D eigenvalue weighted by Crippen LogP contribution is -2.12. The molecule has 20 heavy (non-hydrogen) atoms. The molecule has 2 heterocycles. The molecule has 0 spiro atoms. The maximum atomic E-state index is 12.1. The predicted octanol–water partition coefficient (Wildman–Crippen LogP) is 3.54. The SMILES string of the molecule is O=C(Nc1ccc2ncccc2c1)c1ccncc1Cl. The van der Waals surface area contributed by atoms with Crippen LogP contribution < -0.4 is 5.32 Å². The van der Waals surface area contributed by atoms with Gasteiger partial charge in [0.25, 0.3) is 5.91 Å². The van der Waals surface area contributed by atoms with Crippen molar-refractivity contribution in [3.8, 4) is 0 Å². The lowest BCUT2D eigenvalue weighted by molar-refractivity contribution is 0.102. The Kier molecular flexibility index (Phi) is 3.31. The van der Waals surface area contributed by atoms with Gasteiger partial charge >= 0.3 is 0 Å². The van der Waals surface area contributed by atoms with Gasteiger partial charge in [0.05, 0.1) is 16.1 Å². The van der Waals surface area contributed by atoms with Gasteiger partial charge in [0.2, 0.25) is 0 Å². The summed E-state index contributed by atoms with van der Waals surface area (Å²) in [5, 5.41) is 4.10. The number of aromatic nitrogens is 2. The Hall–Kier alpha value is -2.46. The highest BCUT2D eigenvalue weighted by Crippen LogP contribution is 2.19. The lowest BCUT2D eigenvalue weighted by atomic mass is 10.2. The third-order valence-electron chi connectivity index (χ3n) is 2.88. The van der Waals surface area contributed by atoms with E-state index in [1.165, 1.54) is 12.4 Å². The van der Waals surface area contributed by atoms with Crippen molar-refractivity contribution >= 4 is 34.1 Å². The van der Waals surface area contributed by atoms with E-state index >= 15 is 0 Å². The topological polar surface area (TPSA) is 54.9 Å². The number of fused-ring (bicyclic) bond motifs is 1. The van der Waals surface area contributed by atoms with E-state index in [-0.39, 0.29) is 5.91 Å². The summed E-state index contributed by atoms with van der Waals surface area (Å²) in [6, 6.07) is 10.9. The second kappa shape index (κ2) is 5.27. The van der Waals surface area contributed by atoms with Gasteiger partial charge in [-0.05, 0) is 30.3 Å². The summed E-state index contributed by atoms with van der Waals surface area (Å²) in [7, 11) is 0. The van der Waals surface area contributed by atoms with Crippen LogP contribution in [0.5, 0.6) is 0 Å². The van der Waals surface area contributed by atoms with Crippen LogP contribution in [-0.2, 0) is 0 Å². The highest BCUT2D eigenvalue weighted by atomic mass is 35.5. The zero-order chi connectivity index (χ0) is 13.9. The maximum absolute atomic E-state index is 12.1. The van der Waals surface area contributed by atoms with Crippen molar-refractivity contribution in [2.75, 3.05) is 5.32 Å². The average Bonchev–Trinajstić information content (AvgIpc) is 2.47. The molecule has 0 unspecified atom stereocenters. The first-order chi connectivity index (χ1) is 9.74. The van der Waals surface area contributed by atoms with Gasteiger partial charge in [0.15, 0.2) is 0 Å². The van der Waals surface area contributed by atoms with Crippen LogP contribution in [0.3, 0.4) is 0 Å². The van der Waals surface area contributed by atoms with E-state index in [0.29, 0.717) is 16.3 Å². The Morgan fingerprint density at radius 3 is 2.90 bits per heavy atom. The molecule has 3 aromatic rings. The molecule has 0 aliphatic heterocycles. The van der Waals surface area contributed by atoms with Crippen LogP contribution in [0.4, 0.5) is 5.69 Å². The molecule has 1 aromatic carbocycles. The summed E-state index contributed by atoms with van der Waals surface area (Å²) >= 11 is 5.95. The normalized spacial score (nSPS) is 10.4. The van der Waals surface area contributed by atoms with Crippen LogP contribution >= 0.6 is 11.6 Å². The highest BCUT2D eigenvalue weighted by molar-refractivity contribution is 6.34. The van der Waals surface area contributed by atoms with E-state index in [2.05, 4.69) is 15.3 Å². The number of amides is 1. The molecule has 3 rings (SSSR count). The maximum Gasteiger partial charge on any atom is 0.257 e. The standard InChI is InChI=1S/C15H10ClN3O/c16-13-9-17-7-5-12(13)15(20)19-11-3-4-14-10(8-11)2-1-6-18-14/h1-9H,(H,19,20). The van der Waals surface area contributed by atoms with Crippen LogP contribution in [0.25, 0.3) is 10.9 Å². The molecule has 0 saturated heterocycles. The molecular weight excluding hydrogens is 274 g/mol. The molecule has 0 aliphatic rings. The van der Waals surface area contributed by atoms with Gasteiger partial charge in [-0.2, -0.15) is 0 Å². The number of nitrogens with zero attached hydrogens (tertiary/aromatic N) is 2. The molecule has 1 amide bonds. The molecule has 2 aromatic heterocycles. The highest BCUT2D eigenvalue weighted by Gasteiger charge is 2.10. The van der Waals surface area contributed by atoms with E-state index in [4.69, 9.17) is 11.6 Å². The van der Waals surface area contributed by atoms with Crippen LogP contribution in [0.1, 0.15) is 10.4 Å². The number of carbonyl (C=O) groups excluding carboxylic acids is 1. The molecular formula is C15H10ClN3O. The number of benzene rings is 1. The van der Waals surface area contributed by atoms with E-state index < -0.39 is 0 Å². The molecule has 4 nitrogen and oxygen atoms in total. The van der Waals surface area contributed by atoms with Gasteiger partial charge in [-0.1, -0.05) is 17.7 Å². The Bertz CT molecular complexity index is 789. The first kappa shape index (κ1) is 12.6. The van der Waals surface area contributed by atoms with Gasteiger partial charge in [-0.25, -0.2) is 0 Å². The number of hydrogen-bond acceptors (Lipinski definition) is 3. The average molecular weight is 284 g/mol. The van der Waals surface area contributed by atoms with Crippen molar-refractivity contribution < 1.29 is 4.79 Å². The minimum Gasteiger partial charge on any atom is -0.322 e. The number of halogens is 1. The molecule has 5 heteroatoms. The largest absolute Gasteiger partial charge is 0.322 e. The Balaban J connectivity index is 1.89. The number of carbonyl (C=O) groups is 1. The number of rotatable bonds is 2. The molecule has 0 fully saturated rings. The van der Waals surface area contributed by atoms with Crippen molar-refractivity contribution in [3.05, 3.63) is 65.6 Å². The van der Waals surface area contributed by atoms with E-state index in [9.17, 15) is 4.79 Å². The molecule has 98 valence electrons. The quantitative estimate of drug-likeness (QED) is 0.783. The zero-order valence-electron chi connectivity index (χ0n) is 10.4. The monoisotopic (exact) mass is 283 g/mol.